The van der Waals surface area contributed by atoms with Crippen molar-refractivity contribution in [2.45, 2.75) is 52.9 Å². The van der Waals surface area contributed by atoms with E-state index in [4.69, 9.17) is 0 Å². The molecule has 2 aliphatic rings. The Balaban J connectivity index is 1.64. The van der Waals surface area contributed by atoms with Crippen LogP contribution in [-0.2, 0) is 4.79 Å². The van der Waals surface area contributed by atoms with Crippen molar-refractivity contribution in [3.8, 4) is 0 Å². The average Bonchev–Trinajstić information content (AvgIpc) is 3.11. The Morgan fingerprint density at radius 1 is 1.41 bits per heavy atom. The number of carbonyl (C=O) groups is 1. The lowest BCUT2D eigenvalue weighted by molar-refractivity contribution is -0.122. The molecular weight excluding hydrogens is 210 g/mol. The Morgan fingerprint density at radius 2 is 2.12 bits per heavy atom. The number of allylic oxidation sites excluding steroid dienone is 2. The summed E-state index contributed by atoms with van der Waals surface area (Å²) in [5.41, 5.74) is 1.90. The Labute approximate surface area is 105 Å². The maximum atomic E-state index is 11.5. The van der Waals surface area contributed by atoms with Crippen LogP contribution in [0, 0.1) is 17.3 Å². The van der Waals surface area contributed by atoms with E-state index in [9.17, 15) is 4.79 Å². The molecule has 0 aromatic rings. The first-order valence-electron chi connectivity index (χ1n) is 6.92. The molecule has 1 N–H and O–H groups in total. The van der Waals surface area contributed by atoms with Crippen LogP contribution < -0.4 is 5.32 Å². The van der Waals surface area contributed by atoms with Gasteiger partial charge in [-0.15, -0.1) is 0 Å². The summed E-state index contributed by atoms with van der Waals surface area (Å²) in [6, 6.07) is 0. The first-order chi connectivity index (χ1) is 8.01. The zero-order valence-corrected chi connectivity index (χ0v) is 11.4. The maximum absolute atomic E-state index is 11.5. The third-order valence-electron chi connectivity index (χ3n) is 4.28. The highest BCUT2D eigenvalue weighted by Crippen LogP contribution is 2.55. The predicted molar refractivity (Wildman–Crippen MR) is 70.6 cm³/mol. The van der Waals surface area contributed by atoms with Gasteiger partial charge in [0.25, 0.3) is 0 Å². The van der Waals surface area contributed by atoms with Gasteiger partial charge in [-0.25, -0.2) is 0 Å². The molecule has 0 bridgehead atoms. The fraction of sp³-hybridized carbons (Fsp3) is 0.800. The highest BCUT2D eigenvalue weighted by Gasteiger charge is 2.48. The zero-order chi connectivity index (χ0) is 12.5. The standard InChI is InChI=1S/C15H25NO/c1-11(2)5-4-8-15(3)9-13(15)10-16-14(17)12-6-7-12/h5,12-13H,4,6-10H2,1-3H3,(H,16,17). The van der Waals surface area contributed by atoms with Crippen molar-refractivity contribution < 1.29 is 4.79 Å². The second kappa shape index (κ2) is 4.83. The van der Waals surface area contributed by atoms with E-state index >= 15 is 0 Å². The number of nitrogens with one attached hydrogen (secondary N) is 1. The first kappa shape index (κ1) is 12.7. The van der Waals surface area contributed by atoms with Crippen molar-refractivity contribution in [3.05, 3.63) is 11.6 Å². The summed E-state index contributed by atoms with van der Waals surface area (Å²) in [5, 5.41) is 3.11. The van der Waals surface area contributed by atoms with Crippen molar-refractivity contribution in [2.24, 2.45) is 17.3 Å². The number of amides is 1. The lowest BCUT2D eigenvalue weighted by atomic mass is 9.99. The SMILES string of the molecule is CC(C)=CCCC1(C)CC1CNC(=O)C1CC1. The average molecular weight is 235 g/mol. The summed E-state index contributed by atoms with van der Waals surface area (Å²) in [5.74, 6) is 1.37. The van der Waals surface area contributed by atoms with Crippen LogP contribution in [0.4, 0.5) is 0 Å². The molecule has 0 aliphatic heterocycles. The van der Waals surface area contributed by atoms with E-state index in [0.717, 1.165) is 25.3 Å². The topological polar surface area (TPSA) is 29.1 Å². The van der Waals surface area contributed by atoms with Gasteiger partial charge in [0.2, 0.25) is 5.91 Å². The van der Waals surface area contributed by atoms with Gasteiger partial charge in [0.1, 0.15) is 0 Å². The Morgan fingerprint density at radius 3 is 2.71 bits per heavy atom. The van der Waals surface area contributed by atoms with Gasteiger partial charge in [-0.1, -0.05) is 18.6 Å². The molecule has 17 heavy (non-hydrogen) atoms. The second-order valence-electron chi connectivity index (χ2n) is 6.39. The van der Waals surface area contributed by atoms with Crippen molar-refractivity contribution in [3.63, 3.8) is 0 Å². The quantitative estimate of drug-likeness (QED) is 0.703. The van der Waals surface area contributed by atoms with Gasteiger partial charge < -0.3 is 5.32 Å². The summed E-state index contributed by atoms with van der Waals surface area (Å²) in [7, 11) is 0. The zero-order valence-electron chi connectivity index (χ0n) is 11.4. The predicted octanol–water partition coefficient (Wildman–Crippen LogP) is 3.29. The molecule has 2 unspecified atom stereocenters. The number of hydrogen-bond donors (Lipinski definition) is 1. The minimum absolute atomic E-state index is 0.295. The summed E-state index contributed by atoms with van der Waals surface area (Å²) in [6.45, 7) is 7.57. The minimum Gasteiger partial charge on any atom is -0.356 e. The summed E-state index contributed by atoms with van der Waals surface area (Å²) < 4.78 is 0. The van der Waals surface area contributed by atoms with E-state index < -0.39 is 0 Å². The Hall–Kier alpha value is -0.790. The van der Waals surface area contributed by atoms with E-state index in [2.05, 4.69) is 32.2 Å². The molecule has 2 atom stereocenters. The molecule has 0 saturated heterocycles. The van der Waals surface area contributed by atoms with Gasteiger partial charge in [0.15, 0.2) is 0 Å². The van der Waals surface area contributed by atoms with Crippen LogP contribution in [0.15, 0.2) is 11.6 Å². The third kappa shape index (κ3) is 3.58. The van der Waals surface area contributed by atoms with Crippen LogP contribution in [0.5, 0.6) is 0 Å². The van der Waals surface area contributed by atoms with Gasteiger partial charge in [-0.05, 0) is 57.3 Å². The number of rotatable bonds is 6. The van der Waals surface area contributed by atoms with Crippen LogP contribution in [0.2, 0.25) is 0 Å². The second-order valence-corrected chi connectivity index (χ2v) is 6.39. The summed E-state index contributed by atoms with van der Waals surface area (Å²) in [4.78, 5) is 11.5. The molecule has 2 aliphatic carbocycles. The normalized spacial score (nSPS) is 30.9. The van der Waals surface area contributed by atoms with Gasteiger partial charge >= 0.3 is 0 Å². The molecular formula is C15H25NO. The van der Waals surface area contributed by atoms with Crippen LogP contribution in [-0.4, -0.2) is 12.5 Å². The molecule has 2 nitrogen and oxygen atoms in total. The molecule has 96 valence electrons. The van der Waals surface area contributed by atoms with E-state index in [1.165, 1.54) is 24.8 Å². The maximum Gasteiger partial charge on any atom is 0.223 e. The molecule has 0 heterocycles. The first-order valence-corrected chi connectivity index (χ1v) is 6.92. The molecule has 0 aromatic heterocycles. The molecule has 0 spiro atoms. The number of carbonyl (C=O) groups excluding carboxylic acids is 1. The van der Waals surface area contributed by atoms with Crippen molar-refractivity contribution in [2.75, 3.05) is 6.54 Å². The monoisotopic (exact) mass is 235 g/mol. The summed E-state index contributed by atoms with van der Waals surface area (Å²) in [6.07, 6.45) is 8.27. The van der Waals surface area contributed by atoms with E-state index in [1.807, 2.05) is 0 Å². The lowest BCUT2D eigenvalue weighted by Crippen LogP contribution is -2.28. The van der Waals surface area contributed by atoms with Crippen molar-refractivity contribution in [1.29, 1.82) is 0 Å². The molecule has 2 saturated carbocycles. The molecule has 1 amide bonds. The lowest BCUT2D eigenvalue weighted by Gasteiger charge is -2.10. The van der Waals surface area contributed by atoms with Crippen molar-refractivity contribution >= 4 is 5.91 Å². The minimum atomic E-state index is 0.295. The Bertz CT molecular complexity index is 326. The van der Waals surface area contributed by atoms with E-state index in [1.54, 1.807) is 0 Å². The highest BCUT2D eigenvalue weighted by atomic mass is 16.2. The molecule has 0 aromatic carbocycles. The Kier molecular flexibility index (Phi) is 3.60. The smallest absolute Gasteiger partial charge is 0.223 e. The van der Waals surface area contributed by atoms with Crippen molar-refractivity contribution in [1.82, 2.24) is 5.32 Å². The fourth-order valence-electron chi connectivity index (χ4n) is 2.53. The summed E-state index contributed by atoms with van der Waals surface area (Å²) >= 11 is 0. The van der Waals surface area contributed by atoms with Gasteiger partial charge in [0, 0.05) is 12.5 Å². The van der Waals surface area contributed by atoms with Gasteiger partial charge in [-0.3, -0.25) is 4.79 Å². The third-order valence-corrected chi connectivity index (χ3v) is 4.28. The van der Waals surface area contributed by atoms with Crippen LogP contribution >= 0.6 is 0 Å². The molecule has 2 rings (SSSR count). The van der Waals surface area contributed by atoms with Crippen LogP contribution in [0.3, 0.4) is 0 Å². The van der Waals surface area contributed by atoms with E-state index in [0.29, 0.717) is 17.2 Å². The van der Waals surface area contributed by atoms with Crippen LogP contribution in [0.1, 0.15) is 52.9 Å². The van der Waals surface area contributed by atoms with E-state index in [-0.39, 0.29) is 0 Å². The molecule has 0 radical (unpaired) electrons. The van der Waals surface area contributed by atoms with Crippen LogP contribution in [0.25, 0.3) is 0 Å². The fourth-order valence-corrected chi connectivity index (χ4v) is 2.53. The largest absolute Gasteiger partial charge is 0.356 e. The van der Waals surface area contributed by atoms with Gasteiger partial charge in [0.05, 0.1) is 0 Å². The highest BCUT2D eigenvalue weighted by molar-refractivity contribution is 5.80. The number of hydrogen-bond acceptors (Lipinski definition) is 1. The molecule has 2 heteroatoms. The molecule has 2 fully saturated rings. The van der Waals surface area contributed by atoms with Gasteiger partial charge in [-0.2, -0.15) is 0 Å².